The van der Waals surface area contributed by atoms with Gasteiger partial charge < -0.3 is 0 Å². The zero-order chi connectivity index (χ0) is 15.5. The topological polar surface area (TPSA) is 27.0 Å². The van der Waals surface area contributed by atoms with Gasteiger partial charge in [-0.2, -0.15) is 5.26 Å². The number of rotatable bonds is 3. The van der Waals surface area contributed by atoms with E-state index in [0.717, 1.165) is 37.2 Å². The van der Waals surface area contributed by atoms with E-state index in [1.807, 2.05) is 18.2 Å². The van der Waals surface area contributed by atoms with E-state index >= 15 is 0 Å². The molecular weight excluding hydrogens is 268 g/mol. The van der Waals surface area contributed by atoms with Crippen LogP contribution >= 0.6 is 0 Å². The molecule has 1 aliphatic rings. The Morgan fingerprint density at radius 2 is 1.95 bits per heavy atom. The maximum atomic E-state index is 9.23. The van der Waals surface area contributed by atoms with Crippen molar-refractivity contribution in [1.29, 1.82) is 5.26 Å². The highest BCUT2D eigenvalue weighted by Gasteiger charge is 2.20. The summed E-state index contributed by atoms with van der Waals surface area (Å²) in [5.74, 6) is 0.584. The van der Waals surface area contributed by atoms with Gasteiger partial charge in [-0.15, -0.1) is 0 Å². The molecule has 0 fully saturated rings. The van der Waals surface area contributed by atoms with E-state index in [0.29, 0.717) is 5.92 Å². The van der Waals surface area contributed by atoms with E-state index in [2.05, 4.69) is 49.1 Å². The molecule has 0 amide bonds. The number of fused-ring (bicyclic) bond motifs is 1. The number of nitrogens with zero attached hydrogens (tertiary/aromatic N) is 2. The molecule has 112 valence electrons. The molecule has 1 aliphatic heterocycles. The molecule has 0 bridgehead atoms. The summed E-state index contributed by atoms with van der Waals surface area (Å²) in [5, 5.41) is 9.23. The quantitative estimate of drug-likeness (QED) is 0.845. The summed E-state index contributed by atoms with van der Waals surface area (Å²) in [6.07, 6.45) is 1.11. The van der Waals surface area contributed by atoms with Crippen molar-refractivity contribution in [2.75, 3.05) is 6.54 Å². The molecule has 2 aromatic rings. The Kier molecular flexibility index (Phi) is 4.27. The predicted octanol–water partition coefficient (Wildman–Crippen LogP) is 4.24. The number of hydrogen-bond acceptors (Lipinski definition) is 2. The van der Waals surface area contributed by atoms with Crippen LogP contribution in [-0.4, -0.2) is 11.4 Å². The Balaban J connectivity index is 1.81. The molecule has 0 radical (unpaired) electrons. The van der Waals surface area contributed by atoms with Gasteiger partial charge in [-0.3, -0.25) is 4.90 Å². The van der Waals surface area contributed by atoms with Crippen LogP contribution in [-0.2, 0) is 19.5 Å². The summed E-state index contributed by atoms with van der Waals surface area (Å²) >= 11 is 0. The van der Waals surface area contributed by atoms with Crippen LogP contribution in [0.1, 0.15) is 47.6 Å². The maximum Gasteiger partial charge on any atom is 0.0995 e. The van der Waals surface area contributed by atoms with Gasteiger partial charge in [0.25, 0.3) is 0 Å². The molecule has 0 aromatic heterocycles. The van der Waals surface area contributed by atoms with Gasteiger partial charge in [-0.1, -0.05) is 50.2 Å². The molecule has 2 heteroatoms. The van der Waals surface area contributed by atoms with Gasteiger partial charge >= 0.3 is 0 Å². The van der Waals surface area contributed by atoms with E-state index in [-0.39, 0.29) is 0 Å². The van der Waals surface area contributed by atoms with Gasteiger partial charge in [-0.05, 0) is 40.7 Å². The fraction of sp³-hybridized carbons (Fsp3) is 0.350. The summed E-state index contributed by atoms with van der Waals surface area (Å²) in [6, 6.07) is 16.9. The van der Waals surface area contributed by atoms with Gasteiger partial charge in [0, 0.05) is 19.6 Å². The monoisotopic (exact) mass is 290 g/mol. The molecule has 2 nitrogen and oxygen atoms in total. The van der Waals surface area contributed by atoms with Gasteiger partial charge in [0.15, 0.2) is 0 Å². The van der Waals surface area contributed by atoms with Crippen molar-refractivity contribution in [2.24, 2.45) is 0 Å². The van der Waals surface area contributed by atoms with E-state index < -0.39 is 0 Å². The molecule has 22 heavy (non-hydrogen) atoms. The Morgan fingerprint density at radius 1 is 1.14 bits per heavy atom. The summed E-state index contributed by atoms with van der Waals surface area (Å²) in [4.78, 5) is 2.45. The summed E-state index contributed by atoms with van der Waals surface area (Å²) in [7, 11) is 0. The zero-order valence-corrected chi connectivity index (χ0v) is 13.3. The third-order valence-corrected chi connectivity index (χ3v) is 4.54. The minimum absolute atomic E-state index is 0.584. The normalized spacial score (nSPS) is 14.6. The van der Waals surface area contributed by atoms with Crippen LogP contribution < -0.4 is 0 Å². The first kappa shape index (κ1) is 14.8. The Labute approximate surface area is 133 Å². The largest absolute Gasteiger partial charge is 0.294 e. The van der Waals surface area contributed by atoms with Crippen LogP contribution in [0, 0.1) is 11.3 Å². The highest BCUT2D eigenvalue weighted by molar-refractivity contribution is 5.40. The van der Waals surface area contributed by atoms with Crippen molar-refractivity contribution in [3.8, 4) is 6.07 Å². The molecule has 0 N–H and O–H groups in total. The molecular formula is C20H22N2. The van der Waals surface area contributed by atoms with Crippen LogP contribution in [0.2, 0.25) is 0 Å². The minimum Gasteiger partial charge on any atom is -0.294 e. The van der Waals surface area contributed by atoms with E-state index in [1.165, 1.54) is 11.1 Å². The fourth-order valence-electron chi connectivity index (χ4n) is 3.38. The van der Waals surface area contributed by atoms with Gasteiger partial charge in [-0.25, -0.2) is 0 Å². The molecule has 0 spiro atoms. The van der Waals surface area contributed by atoms with Gasteiger partial charge in [0.2, 0.25) is 0 Å². The Morgan fingerprint density at radius 3 is 2.73 bits per heavy atom. The molecule has 0 saturated carbocycles. The highest BCUT2D eigenvalue weighted by atomic mass is 15.1. The standard InChI is InChI=1S/C20H22N2/c1-15(2)19-9-5-8-18-14-22(11-10-20(18)19)13-17-7-4-3-6-16(17)12-21/h3-9,15H,10-11,13-14H2,1-2H3. The first-order valence-electron chi connectivity index (χ1n) is 8.00. The third-order valence-electron chi connectivity index (χ3n) is 4.54. The van der Waals surface area contributed by atoms with Crippen LogP contribution in [0.5, 0.6) is 0 Å². The second kappa shape index (κ2) is 6.34. The lowest BCUT2D eigenvalue weighted by Gasteiger charge is -2.31. The minimum atomic E-state index is 0.584. The molecule has 0 saturated heterocycles. The summed E-state index contributed by atoms with van der Waals surface area (Å²) < 4.78 is 0. The zero-order valence-electron chi connectivity index (χ0n) is 13.3. The van der Waals surface area contributed by atoms with Crippen molar-refractivity contribution < 1.29 is 0 Å². The second-order valence-electron chi connectivity index (χ2n) is 6.37. The van der Waals surface area contributed by atoms with Crippen LogP contribution in [0.4, 0.5) is 0 Å². The van der Waals surface area contributed by atoms with Gasteiger partial charge in [0.05, 0.1) is 11.6 Å². The first-order valence-corrected chi connectivity index (χ1v) is 8.00. The van der Waals surface area contributed by atoms with E-state index in [1.54, 1.807) is 5.56 Å². The molecule has 0 unspecified atom stereocenters. The smallest absolute Gasteiger partial charge is 0.0995 e. The highest BCUT2D eigenvalue weighted by Crippen LogP contribution is 2.28. The van der Waals surface area contributed by atoms with Crippen LogP contribution in [0.3, 0.4) is 0 Å². The van der Waals surface area contributed by atoms with Crippen molar-refractivity contribution in [3.05, 3.63) is 70.3 Å². The second-order valence-corrected chi connectivity index (χ2v) is 6.37. The first-order chi connectivity index (χ1) is 10.7. The van der Waals surface area contributed by atoms with E-state index in [9.17, 15) is 5.26 Å². The van der Waals surface area contributed by atoms with Crippen molar-refractivity contribution >= 4 is 0 Å². The number of benzene rings is 2. The van der Waals surface area contributed by atoms with Crippen molar-refractivity contribution in [1.82, 2.24) is 4.90 Å². The van der Waals surface area contributed by atoms with Gasteiger partial charge in [0.1, 0.15) is 0 Å². The Hall–Kier alpha value is -2.11. The molecule has 1 heterocycles. The van der Waals surface area contributed by atoms with Crippen LogP contribution in [0.15, 0.2) is 42.5 Å². The summed E-state index contributed by atoms with van der Waals surface area (Å²) in [5.41, 5.74) is 6.42. The Bertz CT molecular complexity index is 710. The SMILES string of the molecule is CC(C)c1cccc2c1CCN(Cc1ccccc1C#N)C2. The van der Waals surface area contributed by atoms with Crippen molar-refractivity contribution in [3.63, 3.8) is 0 Å². The lowest BCUT2D eigenvalue weighted by molar-refractivity contribution is 0.244. The molecule has 2 aromatic carbocycles. The lowest BCUT2D eigenvalue weighted by atomic mass is 9.89. The third kappa shape index (κ3) is 2.91. The van der Waals surface area contributed by atoms with Crippen molar-refractivity contribution in [2.45, 2.75) is 39.3 Å². The van der Waals surface area contributed by atoms with E-state index in [4.69, 9.17) is 0 Å². The average Bonchev–Trinajstić information content (AvgIpc) is 2.54. The molecule has 0 aliphatic carbocycles. The molecule has 3 rings (SSSR count). The van der Waals surface area contributed by atoms with Crippen LogP contribution in [0.25, 0.3) is 0 Å². The number of nitriles is 1. The summed E-state index contributed by atoms with van der Waals surface area (Å²) in [6.45, 7) is 7.44. The average molecular weight is 290 g/mol. The number of hydrogen-bond donors (Lipinski definition) is 0. The fourth-order valence-corrected chi connectivity index (χ4v) is 3.38. The predicted molar refractivity (Wildman–Crippen MR) is 89.5 cm³/mol. The maximum absolute atomic E-state index is 9.23. The lowest BCUT2D eigenvalue weighted by Crippen LogP contribution is -2.31. The molecule has 0 atom stereocenters.